The van der Waals surface area contributed by atoms with Crippen LogP contribution >= 0.6 is 11.3 Å². The summed E-state index contributed by atoms with van der Waals surface area (Å²) in [6, 6.07) is 3.48. The molecule has 14 heavy (non-hydrogen) atoms. The predicted molar refractivity (Wildman–Crippen MR) is 58.6 cm³/mol. The van der Waals surface area contributed by atoms with E-state index >= 15 is 0 Å². The van der Waals surface area contributed by atoms with Gasteiger partial charge in [-0.15, -0.1) is 0 Å². The van der Waals surface area contributed by atoms with E-state index in [2.05, 4.69) is 4.98 Å². The lowest BCUT2D eigenvalue weighted by molar-refractivity contribution is 0.426. The molecular weight excluding hydrogens is 199 g/mol. The Hall–Kier alpha value is -1.11. The standard InChI is InChI=1S/C8H9BN2O2S/c1-4-2-3-5(9(12)13)7-6(4)11-8(10)14-7/h2-3,12-13H,1H3,(H2,10,11). The van der Waals surface area contributed by atoms with Gasteiger partial charge in [-0.3, -0.25) is 0 Å². The minimum atomic E-state index is -1.47. The van der Waals surface area contributed by atoms with Gasteiger partial charge in [0.2, 0.25) is 0 Å². The number of aryl methyl sites for hydroxylation is 1. The summed E-state index contributed by atoms with van der Waals surface area (Å²) >= 11 is 1.27. The first-order valence-corrected chi connectivity index (χ1v) is 4.93. The van der Waals surface area contributed by atoms with Crippen LogP contribution < -0.4 is 11.2 Å². The molecule has 4 nitrogen and oxygen atoms in total. The lowest BCUT2D eigenvalue weighted by atomic mass is 9.80. The average Bonchev–Trinajstić information content (AvgIpc) is 2.47. The number of rotatable bonds is 1. The topological polar surface area (TPSA) is 79.4 Å². The summed E-state index contributed by atoms with van der Waals surface area (Å²) in [5.41, 5.74) is 7.76. The van der Waals surface area contributed by atoms with Gasteiger partial charge in [0.1, 0.15) is 0 Å². The van der Waals surface area contributed by atoms with Crippen molar-refractivity contribution in [1.29, 1.82) is 0 Å². The predicted octanol–water partition coefficient (Wildman–Crippen LogP) is -0.133. The second-order valence-electron chi connectivity index (χ2n) is 3.08. The molecule has 2 rings (SSSR count). The van der Waals surface area contributed by atoms with Gasteiger partial charge in [0.25, 0.3) is 0 Å². The number of nitrogens with two attached hydrogens (primary N) is 1. The van der Waals surface area contributed by atoms with Crippen LogP contribution in [0.3, 0.4) is 0 Å². The highest BCUT2D eigenvalue weighted by atomic mass is 32.1. The van der Waals surface area contributed by atoms with Crippen molar-refractivity contribution in [3.05, 3.63) is 17.7 Å². The SMILES string of the molecule is Cc1ccc(B(O)O)c2sc(N)nc12. The van der Waals surface area contributed by atoms with Crippen molar-refractivity contribution in [2.45, 2.75) is 6.92 Å². The van der Waals surface area contributed by atoms with Crippen LogP contribution in [0.15, 0.2) is 12.1 Å². The molecule has 0 aliphatic heterocycles. The number of nitrogens with zero attached hydrogens (tertiary/aromatic N) is 1. The Kier molecular flexibility index (Phi) is 2.18. The maximum atomic E-state index is 9.12. The summed E-state index contributed by atoms with van der Waals surface area (Å²) in [7, 11) is -1.47. The van der Waals surface area contributed by atoms with Crippen molar-refractivity contribution < 1.29 is 10.0 Å². The van der Waals surface area contributed by atoms with E-state index in [9.17, 15) is 0 Å². The highest BCUT2D eigenvalue weighted by molar-refractivity contribution is 7.23. The fraction of sp³-hybridized carbons (Fsp3) is 0.125. The van der Waals surface area contributed by atoms with E-state index < -0.39 is 7.12 Å². The van der Waals surface area contributed by atoms with Gasteiger partial charge < -0.3 is 15.8 Å². The minimum absolute atomic E-state index is 0.441. The first-order valence-electron chi connectivity index (χ1n) is 4.11. The lowest BCUT2D eigenvalue weighted by Gasteiger charge is -2.01. The van der Waals surface area contributed by atoms with Crippen LogP contribution in [-0.2, 0) is 0 Å². The Balaban J connectivity index is 2.81. The highest BCUT2D eigenvalue weighted by Crippen LogP contribution is 2.24. The van der Waals surface area contributed by atoms with Crippen molar-refractivity contribution in [2.75, 3.05) is 5.73 Å². The van der Waals surface area contributed by atoms with Gasteiger partial charge in [0, 0.05) is 5.46 Å². The van der Waals surface area contributed by atoms with Crippen LogP contribution in [0, 0.1) is 6.92 Å². The quantitative estimate of drug-likeness (QED) is 0.570. The molecule has 1 heterocycles. The zero-order valence-electron chi connectivity index (χ0n) is 7.56. The minimum Gasteiger partial charge on any atom is -0.423 e. The van der Waals surface area contributed by atoms with Gasteiger partial charge in [0.05, 0.1) is 10.2 Å². The van der Waals surface area contributed by atoms with E-state index in [1.165, 1.54) is 11.3 Å². The summed E-state index contributed by atoms with van der Waals surface area (Å²) in [5, 5.41) is 18.7. The van der Waals surface area contributed by atoms with E-state index in [-0.39, 0.29) is 0 Å². The normalized spacial score (nSPS) is 10.8. The first kappa shape index (κ1) is 9.45. The number of anilines is 1. The summed E-state index contributed by atoms with van der Waals surface area (Å²) in [4.78, 5) is 4.13. The van der Waals surface area contributed by atoms with Crippen LogP contribution in [0.1, 0.15) is 5.56 Å². The molecule has 1 aromatic heterocycles. The number of benzene rings is 1. The molecule has 0 saturated carbocycles. The summed E-state index contributed by atoms with van der Waals surface area (Å²) in [5.74, 6) is 0. The largest absolute Gasteiger partial charge is 0.489 e. The molecule has 0 amide bonds. The molecule has 2 aromatic rings. The molecule has 0 radical (unpaired) electrons. The Morgan fingerprint density at radius 1 is 1.43 bits per heavy atom. The molecule has 0 spiro atoms. The van der Waals surface area contributed by atoms with Crippen molar-refractivity contribution in [1.82, 2.24) is 4.98 Å². The molecule has 0 bridgehead atoms. The van der Waals surface area contributed by atoms with Crippen LogP contribution in [0.25, 0.3) is 10.2 Å². The number of thiazole rings is 1. The molecule has 0 aliphatic rings. The van der Waals surface area contributed by atoms with E-state index in [0.717, 1.165) is 15.8 Å². The molecular formula is C8H9BN2O2S. The van der Waals surface area contributed by atoms with Crippen LogP contribution in [0.4, 0.5) is 5.13 Å². The van der Waals surface area contributed by atoms with E-state index in [0.29, 0.717) is 10.6 Å². The first-order chi connectivity index (χ1) is 6.59. The number of hydrogen-bond acceptors (Lipinski definition) is 5. The second kappa shape index (κ2) is 3.23. The molecule has 1 aromatic carbocycles. The van der Waals surface area contributed by atoms with Gasteiger partial charge >= 0.3 is 7.12 Å². The number of hydrogen-bond donors (Lipinski definition) is 3. The molecule has 0 atom stereocenters. The molecule has 72 valence electrons. The Labute approximate surface area is 85.2 Å². The maximum absolute atomic E-state index is 9.12. The smallest absolute Gasteiger partial charge is 0.423 e. The van der Waals surface area contributed by atoms with Crippen molar-refractivity contribution in [3.8, 4) is 0 Å². The van der Waals surface area contributed by atoms with Crippen molar-refractivity contribution in [3.63, 3.8) is 0 Å². The molecule has 0 aliphatic carbocycles. The molecule has 0 fully saturated rings. The van der Waals surface area contributed by atoms with Crippen molar-refractivity contribution in [2.24, 2.45) is 0 Å². The van der Waals surface area contributed by atoms with Gasteiger partial charge in [-0.2, -0.15) is 0 Å². The molecule has 0 saturated heterocycles. The van der Waals surface area contributed by atoms with E-state index in [1.54, 1.807) is 12.1 Å². The maximum Gasteiger partial charge on any atom is 0.489 e. The number of nitrogen functional groups attached to an aromatic ring is 1. The number of aromatic nitrogens is 1. The molecule has 0 unspecified atom stereocenters. The zero-order chi connectivity index (χ0) is 10.3. The van der Waals surface area contributed by atoms with Crippen LogP contribution in [0.2, 0.25) is 0 Å². The summed E-state index contributed by atoms with van der Waals surface area (Å²) in [6.45, 7) is 1.91. The summed E-state index contributed by atoms with van der Waals surface area (Å²) in [6.07, 6.45) is 0. The van der Waals surface area contributed by atoms with Gasteiger partial charge in [-0.25, -0.2) is 4.98 Å². The Morgan fingerprint density at radius 3 is 2.79 bits per heavy atom. The van der Waals surface area contributed by atoms with Crippen LogP contribution in [-0.4, -0.2) is 22.2 Å². The van der Waals surface area contributed by atoms with E-state index in [4.69, 9.17) is 15.8 Å². The third-order valence-corrected chi connectivity index (χ3v) is 3.00. The Bertz CT molecular complexity index is 483. The van der Waals surface area contributed by atoms with Crippen molar-refractivity contribution >= 4 is 39.3 Å². The lowest BCUT2D eigenvalue weighted by Crippen LogP contribution is -2.29. The van der Waals surface area contributed by atoms with E-state index in [1.807, 2.05) is 6.92 Å². The fourth-order valence-corrected chi connectivity index (χ4v) is 2.31. The monoisotopic (exact) mass is 208 g/mol. The van der Waals surface area contributed by atoms with Gasteiger partial charge in [-0.1, -0.05) is 23.5 Å². The van der Waals surface area contributed by atoms with Crippen LogP contribution in [0.5, 0.6) is 0 Å². The average molecular weight is 208 g/mol. The molecule has 4 N–H and O–H groups in total. The fourth-order valence-electron chi connectivity index (χ4n) is 1.37. The summed E-state index contributed by atoms with van der Waals surface area (Å²) < 4.78 is 0.748. The third-order valence-electron chi connectivity index (χ3n) is 2.07. The zero-order valence-corrected chi connectivity index (χ0v) is 8.38. The van der Waals surface area contributed by atoms with Gasteiger partial charge in [-0.05, 0) is 12.5 Å². The van der Waals surface area contributed by atoms with Gasteiger partial charge in [0.15, 0.2) is 5.13 Å². The third kappa shape index (κ3) is 1.37. The Morgan fingerprint density at radius 2 is 2.14 bits per heavy atom. The number of fused-ring (bicyclic) bond motifs is 1. The second-order valence-corrected chi connectivity index (χ2v) is 4.11. The molecule has 6 heteroatoms. The highest BCUT2D eigenvalue weighted by Gasteiger charge is 2.17.